The zero-order valence-corrected chi connectivity index (χ0v) is 14.3. The predicted molar refractivity (Wildman–Crippen MR) is 95.3 cm³/mol. The van der Waals surface area contributed by atoms with Crippen LogP contribution in [0.3, 0.4) is 0 Å². The fourth-order valence-corrected chi connectivity index (χ4v) is 3.01. The molecule has 0 bridgehead atoms. The molecule has 1 heterocycles. The number of rotatable bonds is 6. The van der Waals surface area contributed by atoms with E-state index in [1.165, 1.54) is 6.92 Å². The minimum Gasteiger partial charge on any atom is -0.395 e. The van der Waals surface area contributed by atoms with Gasteiger partial charge in [-0.25, -0.2) is 13.5 Å². The molecule has 0 aliphatic carbocycles. The van der Waals surface area contributed by atoms with Crippen LogP contribution >= 0.6 is 0 Å². The van der Waals surface area contributed by atoms with E-state index in [1.54, 1.807) is 16.9 Å². The Morgan fingerprint density at radius 1 is 1.16 bits per heavy atom. The summed E-state index contributed by atoms with van der Waals surface area (Å²) in [6.07, 6.45) is 2.68. The van der Waals surface area contributed by atoms with E-state index in [4.69, 9.17) is 0 Å². The maximum Gasteiger partial charge on any atom is 0.161 e. The van der Waals surface area contributed by atoms with Crippen molar-refractivity contribution in [3.05, 3.63) is 53.7 Å². The van der Waals surface area contributed by atoms with Crippen LogP contribution in [-0.2, 0) is 0 Å². The molecule has 0 saturated carbocycles. The molecule has 1 aromatic heterocycles. The molecule has 0 unspecified atom stereocenters. The average Bonchev–Trinajstić information content (AvgIpc) is 3.02. The van der Waals surface area contributed by atoms with Gasteiger partial charge in [0.05, 0.1) is 24.0 Å². The molecule has 4 nitrogen and oxygen atoms in total. The largest absolute Gasteiger partial charge is 0.395 e. The minimum absolute atomic E-state index is 0.0887. The van der Waals surface area contributed by atoms with E-state index >= 15 is 0 Å². The third-order valence-electron chi connectivity index (χ3n) is 4.22. The zero-order chi connectivity index (χ0) is 18.0. The molecule has 6 heteroatoms. The van der Waals surface area contributed by atoms with Crippen molar-refractivity contribution >= 4 is 16.6 Å². The lowest BCUT2D eigenvalue weighted by molar-refractivity contribution is 0.302. The van der Waals surface area contributed by atoms with Crippen LogP contribution in [0.25, 0.3) is 16.6 Å². The smallest absolute Gasteiger partial charge is 0.161 e. The van der Waals surface area contributed by atoms with Crippen LogP contribution in [0.4, 0.5) is 14.5 Å². The monoisotopic (exact) mass is 345 g/mol. The standard InChI is InChI=1S/C19H21F2N3O/c1-3-6-23(7-8-25)15-4-5-18-14(10-15)12-22-24(18)16-9-13(2)19(21)17(20)11-16/h4-5,9-12,25H,3,6-8H2,1-2H3. The molecule has 0 aliphatic rings. The molecule has 0 saturated heterocycles. The van der Waals surface area contributed by atoms with Crippen molar-refractivity contribution in [3.8, 4) is 5.69 Å². The highest BCUT2D eigenvalue weighted by atomic mass is 19.2. The molecule has 25 heavy (non-hydrogen) atoms. The Balaban J connectivity index is 2.03. The quantitative estimate of drug-likeness (QED) is 0.738. The first kappa shape index (κ1) is 17.4. The Hall–Kier alpha value is -2.47. The molecule has 1 N–H and O–H groups in total. The molecule has 0 radical (unpaired) electrons. The zero-order valence-electron chi connectivity index (χ0n) is 14.3. The van der Waals surface area contributed by atoms with Gasteiger partial charge in [0.1, 0.15) is 0 Å². The molecule has 0 fully saturated rings. The van der Waals surface area contributed by atoms with Crippen molar-refractivity contribution in [1.82, 2.24) is 9.78 Å². The summed E-state index contributed by atoms with van der Waals surface area (Å²) in [5, 5.41) is 14.5. The van der Waals surface area contributed by atoms with Crippen LogP contribution in [0, 0.1) is 18.6 Å². The highest BCUT2D eigenvalue weighted by Crippen LogP contribution is 2.26. The SMILES string of the molecule is CCCN(CCO)c1ccc2c(cnn2-c2cc(C)c(F)c(F)c2)c1. The number of aliphatic hydroxyl groups excluding tert-OH is 1. The molecule has 0 atom stereocenters. The van der Waals surface area contributed by atoms with E-state index in [1.807, 2.05) is 18.2 Å². The number of halogens is 2. The molecule has 3 aromatic rings. The number of nitrogens with zero attached hydrogens (tertiary/aromatic N) is 3. The summed E-state index contributed by atoms with van der Waals surface area (Å²) in [6.45, 7) is 5.12. The Bertz CT molecular complexity index is 863. The summed E-state index contributed by atoms with van der Waals surface area (Å²) in [7, 11) is 0. The average molecular weight is 345 g/mol. The molecule has 3 rings (SSSR count). The highest BCUT2D eigenvalue weighted by Gasteiger charge is 2.13. The Morgan fingerprint density at radius 3 is 2.64 bits per heavy atom. The number of aliphatic hydroxyl groups is 1. The van der Waals surface area contributed by atoms with Gasteiger partial charge < -0.3 is 10.0 Å². The fraction of sp³-hybridized carbons (Fsp3) is 0.316. The van der Waals surface area contributed by atoms with Crippen molar-refractivity contribution in [2.45, 2.75) is 20.3 Å². The van der Waals surface area contributed by atoms with Crippen LogP contribution in [0.2, 0.25) is 0 Å². The lowest BCUT2D eigenvalue weighted by atomic mass is 10.2. The van der Waals surface area contributed by atoms with Gasteiger partial charge in [0.2, 0.25) is 0 Å². The molecule has 132 valence electrons. The van der Waals surface area contributed by atoms with E-state index in [2.05, 4.69) is 16.9 Å². The van der Waals surface area contributed by atoms with Gasteiger partial charge in [0.25, 0.3) is 0 Å². The number of hydrogen-bond donors (Lipinski definition) is 1. The second-order valence-electron chi connectivity index (χ2n) is 6.07. The predicted octanol–water partition coefficient (Wildman–Crippen LogP) is 3.82. The number of aromatic nitrogens is 2. The van der Waals surface area contributed by atoms with Crippen molar-refractivity contribution < 1.29 is 13.9 Å². The van der Waals surface area contributed by atoms with Crippen molar-refractivity contribution in [1.29, 1.82) is 0 Å². The molecule has 0 spiro atoms. The number of aryl methyl sites for hydroxylation is 1. The Morgan fingerprint density at radius 2 is 1.96 bits per heavy atom. The van der Waals surface area contributed by atoms with Crippen LogP contribution in [0.1, 0.15) is 18.9 Å². The molecular weight excluding hydrogens is 324 g/mol. The third kappa shape index (κ3) is 3.35. The van der Waals surface area contributed by atoms with Crippen LogP contribution in [-0.4, -0.2) is 34.6 Å². The summed E-state index contributed by atoms with van der Waals surface area (Å²) in [5.74, 6) is -1.71. The van der Waals surface area contributed by atoms with Gasteiger partial charge in [-0.05, 0) is 43.2 Å². The van der Waals surface area contributed by atoms with E-state index in [0.717, 1.165) is 35.6 Å². The van der Waals surface area contributed by atoms with Gasteiger partial charge >= 0.3 is 0 Å². The maximum atomic E-state index is 13.7. The normalized spacial score (nSPS) is 11.2. The molecule has 0 aliphatic heterocycles. The fourth-order valence-electron chi connectivity index (χ4n) is 3.01. The van der Waals surface area contributed by atoms with Gasteiger partial charge in [0.15, 0.2) is 11.6 Å². The van der Waals surface area contributed by atoms with Crippen LogP contribution < -0.4 is 4.90 Å². The molecule has 2 aromatic carbocycles. The first-order chi connectivity index (χ1) is 12.0. The number of anilines is 1. The minimum atomic E-state index is -0.882. The molecule has 0 amide bonds. The summed E-state index contributed by atoms with van der Waals surface area (Å²) < 4.78 is 28.8. The van der Waals surface area contributed by atoms with E-state index < -0.39 is 11.6 Å². The maximum absolute atomic E-state index is 13.7. The van der Waals surface area contributed by atoms with E-state index in [9.17, 15) is 13.9 Å². The van der Waals surface area contributed by atoms with Crippen molar-refractivity contribution in [2.24, 2.45) is 0 Å². The first-order valence-corrected chi connectivity index (χ1v) is 8.34. The number of fused-ring (bicyclic) bond motifs is 1. The van der Waals surface area contributed by atoms with E-state index in [-0.39, 0.29) is 12.2 Å². The first-order valence-electron chi connectivity index (χ1n) is 8.34. The summed E-state index contributed by atoms with van der Waals surface area (Å²) in [6, 6.07) is 8.59. The topological polar surface area (TPSA) is 41.3 Å². The lowest BCUT2D eigenvalue weighted by Gasteiger charge is -2.23. The third-order valence-corrected chi connectivity index (χ3v) is 4.22. The van der Waals surface area contributed by atoms with Gasteiger partial charge in [-0.1, -0.05) is 6.92 Å². The Labute approximate surface area is 145 Å². The van der Waals surface area contributed by atoms with Crippen molar-refractivity contribution in [3.63, 3.8) is 0 Å². The highest BCUT2D eigenvalue weighted by molar-refractivity contribution is 5.84. The van der Waals surface area contributed by atoms with Gasteiger partial charge in [-0.15, -0.1) is 0 Å². The number of hydrogen-bond acceptors (Lipinski definition) is 3. The summed E-state index contributed by atoms with van der Waals surface area (Å²) >= 11 is 0. The van der Waals surface area contributed by atoms with Crippen LogP contribution in [0.15, 0.2) is 36.5 Å². The number of benzene rings is 2. The summed E-state index contributed by atoms with van der Waals surface area (Å²) in [4.78, 5) is 2.11. The second kappa shape index (κ2) is 7.19. The van der Waals surface area contributed by atoms with E-state index in [0.29, 0.717) is 12.2 Å². The Kier molecular flexibility index (Phi) is 4.99. The van der Waals surface area contributed by atoms with Gasteiger partial charge in [-0.3, -0.25) is 0 Å². The van der Waals surface area contributed by atoms with Gasteiger partial charge in [-0.2, -0.15) is 5.10 Å². The molecular formula is C19H21F2N3O. The van der Waals surface area contributed by atoms with Crippen LogP contribution in [0.5, 0.6) is 0 Å². The van der Waals surface area contributed by atoms with Crippen molar-refractivity contribution in [2.75, 3.05) is 24.6 Å². The second-order valence-corrected chi connectivity index (χ2v) is 6.07. The van der Waals surface area contributed by atoms with Gasteiger partial charge in [0, 0.05) is 30.2 Å². The summed E-state index contributed by atoms with van der Waals surface area (Å²) in [5.41, 5.74) is 2.55. The lowest BCUT2D eigenvalue weighted by Crippen LogP contribution is -2.27.